The highest BCUT2D eigenvalue weighted by atomic mass is 15.1. The monoisotopic (exact) mass is 189 g/mol. The highest BCUT2D eigenvalue weighted by molar-refractivity contribution is 5.51. The average molecular weight is 189 g/mol. The Kier molecular flexibility index (Phi) is 2.76. The maximum absolute atomic E-state index is 2.37. The first-order valence-electron chi connectivity index (χ1n) is 5.64. The number of hydrogen-bond donors (Lipinski definition) is 0. The largest absolute Gasteiger partial charge is 0.375 e. The van der Waals surface area contributed by atoms with Crippen LogP contribution in [0.3, 0.4) is 0 Å². The zero-order valence-corrected chi connectivity index (χ0v) is 9.21. The molecule has 0 fully saturated rings. The summed E-state index contributed by atoms with van der Waals surface area (Å²) in [5.41, 5.74) is 4.52. The predicted molar refractivity (Wildman–Crippen MR) is 62.0 cm³/mol. The molecule has 1 aliphatic carbocycles. The first-order chi connectivity index (χ1) is 6.81. The van der Waals surface area contributed by atoms with Crippen molar-refractivity contribution in [3.05, 3.63) is 29.3 Å². The Morgan fingerprint density at radius 3 is 2.57 bits per heavy atom. The lowest BCUT2D eigenvalue weighted by molar-refractivity contribution is 0.685. The Balaban J connectivity index is 2.29. The Morgan fingerprint density at radius 1 is 1.14 bits per heavy atom. The van der Waals surface area contributed by atoms with E-state index in [4.69, 9.17) is 0 Å². The summed E-state index contributed by atoms with van der Waals surface area (Å²) in [6.45, 7) is 3.28. The van der Waals surface area contributed by atoms with E-state index in [1.165, 1.54) is 31.4 Å². The molecule has 0 heterocycles. The lowest BCUT2D eigenvalue weighted by Gasteiger charge is -2.21. The van der Waals surface area contributed by atoms with Gasteiger partial charge in [0, 0.05) is 19.3 Å². The van der Waals surface area contributed by atoms with Crippen LogP contribution in [0, 0.1) is 0 Å². The molecule has 0 atom stereocenters. The molecule has 0 spiro atoms. The summed E-state index contributed by atoms with van der Waals surface area (Å²) in [5, 5.41) is 0. The van der Waals surface area contributed by atoms with Gasteiger partial charge in [0.1, 0.15) is 0 Å². The second kappa shape index (κ2) is 4.04. The zero-order valence-electron chi connectivity index (χ0n) is 9.21. The maximum atomic E-state index is 2.37. The quantitative estimate of drug-likeness (QED) is 0.691. The van der Waals surface area contributed by atoms with E-state index < -0.39 is 0 Å². The van der Waals surface area contributed by atoms with Crippen LogP contribution in [-0.2, 0) is 12.8 Å². The van der Waals surface area contributed by atoms with Gasteiger partial charge in [0.2, 0.25) is 0 Å². The topological polar surface area (TPSA) is 3.24 Å². The zero-order chi connectivity index (χ0) is 9.97. The SMILES string of the molecule is CCN(C)c1ccc2c(c1)CCCC2. The summed E-state index contributed by atoms with van der Waals surface area (Å²) in [6.07, 6.45) is 5.30. The van der Waals surface area contributed by atoms with Gasteiger partial charge < -0.3 is 4.90 Å². The lowest BCUT2D eigenvalue weighted by Crippen LogP contribution is -2.16. The van der Waals surface area contributed by atoms with Crippen molar-refractivity contribution in [1.82, 2.24) is 0 Å². The number of anilines is 1. The molecule has 0 amide bonds. The standard InChI is InChI=1S/C13H19N/c1-3-14(2)13-9-8-11-6-4-5-7-12(11)10-13/h8-10H,3-7H2,1-2H3. The Morgan fingerprint density at radius 2 is 1.86 bits per heavy atom. The summed E-state index contributed by atoms with van der Waals surface area (Å²) < 4.78 is 0. The molecule has 2 rings (SSSR count). The van der Waals surface area contributed by atoms with Gasteiger partial charge in [0.05, 0.1) is 0 Å². The van der Waals surface area contributed by atoms with Crippen LogP contribution in [0.2, 0.25) is 0 Å². The van der Waals surface area contributed by atoms with Crippen molar-refractivity contribution < 1.29 is 0 Å². The minimum atomic E-state index is 1.08. The molecular weight excluding hydrogens is 170 g/mol. The van der Waals surface area contributed by atoms with E-state index in [2.05, 4.69) is 37.1 Å². The van der Waals surface area contributed by atoms with Crippen LogP contribution in [0.4, 0.5) is 5.69 Å². The van der Waals surface area contributed by atoms with Crippen molar-refractivity contribution in [2.24, 2.45) is 0 Å². The fourth-order valence-corrected chi connectivity index (χ4v) is 2.14. The molecule has 0 N–H and O–H groups in total. The number of fused-ring (bicyclic) bond motifs is 1. The van der Waals surface area contributed by atoms with Crippen molar-refractivity contribution in [2.45, 2.75) is 32.6 Å². The van der Waals surface area contributed by atoms with Gasteiger partial charge in [-0.3, -0.25) is 0 Å². The first-order valence-corrected chi connectivity index (χ1v) is 5.64. The molecule has 1 nitrogen and oxygen atoms in total. The van der Waals surface area contributed by atoms with Crippen molar-refractivity contribution in [3.8, 4) is 0 Å². The summed E-state index contributed by atoms with van der Waals surface area (Å²) in [7, 11) is 2.16. The Labute approximate surface area is 86.7 Å². The molecule has 0 bridgehead atoms. The molecule has 14 heavy (non-hydrogen) atoms. The van der Waals surface area contributed by atoms with Gasteiger partial charge in [-0.15, -0.1) is 0 Å². The molecule has 0 saturated heterocycles. The fourth-order valence-electron chi connectivity index (χ4n) is 2.14. The van der Waals surface area contributed by atoms with E-state index in [0.29, 0.717) is 0 Å². The Bertz CT molecular complexity index is 317. The molecule has 76 valence electrons. The van der Waals surface area contributed by atoms with Crippen LogP contribution in [0.25, 0.3) is 0 Å². The Hall–Kier alpha value is -0.980. The molecule has 0 unspecified atom stereocenters. The van der Waals surface area contributed by atoms with Gasteiger partial charge in [-0.1, -0.05) is 6.07 Å². The van der Waals surface area contributed by atoms with Crippen LogP contribution in [-0.4, -0.2) is 13.6 Å². The highest BCUT2D eigenvalue weighted by Gasteiger charge is 2.10. The van der Waals surface area contributed by atoms with Crippen molar-refractivity contribution in [2.75, 3.05) is 18.5 Å². The number of nitrogens with zero attached hydrogens (tertiary/aromatic N) is 1. The number of benzene rings is 1. The lowest BCUT2D eigenvalue weighted by atomic mass is 9.91. The summed E-state index contributed by atoms with van der Waals surface area (Å²) in [6, 6.07) is 6.95. The van der Waals surface area contributed by atoms with Crippen molar-refractivity contribution in [3.63, 3.8) is 0 Å². The highest BCUT2D eigenvalue weighted by Crippen LogP contribution is 2.25. The third kappa shape index (κ3) is 1.77. The molecule has 0 saturated carbocycles. The number of aryl methyl sites for hydroxylation is 2. The first kappa shape index (κ1) is 9.57. The molecule has 0 aliphatic heterocycles. The third-order valence-corrected chi connectivity index (χ3v) is 3.25. The molecule has 1 heteroatoms. The summed E-state index contributed by atoms with van der Waals surface area (Å²) >= 11 is 0. The summed E-state index contributed by atoms with van der Waals surface area (Å²) in [5.74, 6) is 0. The van der Waals surface area contributed by atoms with E-state index in [1.807, 2.05) is 0 Å². The number of rotatable bonds is 2. The van der Waals surface area contributed by atoms with Gasteiger partial charge in [-0.25, -0.2) is 0 Å². The molecule has 0 radical (unpaired) electrons. The molecular formula is C13H19N. The average Bonchev–Trinajstić information content (AvgIpc) is 2.27. The maximum Gasteiger partial charge on any atom is 0.0366 e. The van der Waals surface area contributed by atoms with Crippen LogP contribution >= 0.6 is 0 Å². The third-order valence-electron chi connectivity index (χ3n) is 3.25. The minimum Gasteiger partial charge on any atom is -0.375 e. The van der Waals surface area contributed by atoms with Gasteiger partial charge in [-0.2, -0.15) is 0 Å². The van der Waals surface area contributed by atoms with Gasteiger partial charge in [0.25, 0.3) is 0 Å². The van der Waals surface area contributed by atoms with Crippen molar-refractivity contribution >= 4 is 5.69 Å². The van der Waals surface area contributed by atoms with Crippen molar-refractivity contribution in [1.29, 1.82) is 0 Å². The molecule has 1 aromatic carbocycles. The molecule has 0 aromatic heterocycles. The second-order valence-corrected chi connectivity index (χ2v) is 4.17. The fraction of sp³-hybridized carbons (Fsp3) is 0.538. The number of hydrogen-bond acceptors (Lipinski definition) is 1. The normalized spacial score (nSPS) is 15.0. The van der Waals surface area contributed by atoms with Gasteiger partial charge in [-0.05, 0) is 55.9 Å². The van der Waals surface area contributed by atoms with Crippen LogP contribution in [0.15, 0.2) is 18.2 Å². The van der Waals surface area contributed by atoms with E-state index in [9.17, 15) is 0 Å². The van der Waals surface area contributed by atoms with Crippen LogP contribution in [0.5, 0.6) is 0 Å². The predicted octanol–water partition coefficient (Wildman–Crippen LogP) is 3.02. The summed E-state index contributed by atoms with van der Waals surface area (Å²) in [4.78, 5) is 2.30. The molecule has 1 aliphatic rings. The van der Waals surface area contributed by atoms with E-state index in [0.717, 1.165) is 6.54 Å². The second-order valence-electron chi connectivity index (χ2n) is 4.17. The smallest absolute Gasteiger partial charge is 0.0366 e. The van der Waals surface area contributed by atoms with Crippen LogP contribution in [0.1, 0.15) is 30.9 Å². The van der Waals surface area contributed by atoms with E-state index >= 15 is 0 Å². The van der Waals surface area contributed by atoms with Gasteiger partial charge >= 0.3 is 0 Å². The van der Waals surface area contributed by atoms with Crippen LogP contribution < -0.4 is 4.90 Å². The minimum absolute atomic E-state index is 1.08. The van der Waals surface area contributed by atoms with Gasteiger partial charge in [0.15, 0.2) is 0 Å². The van der Waals surface area contributed by atoms with E-state index in [-0.39, 0.29) is 0 Å². The van der Waals surface area contributed by atoms with E-state index in [1.54, 1.807) is 11.1 Å². The molecule has 1 aromatic rings.